The number of hydrogen-bond acceptors (Lipinski definition) is 4. The highest BCUT2D eigenvalue weighted by molar-refractivity contribution is 7.10. The van der Waals surface area contributed by atoms with Crippen molar-refractivity contribution < 1.29 is 14.3 Å². The van der Waals surface area contributed by atoms with Crippen LogP contribution in [-0.4, -0.2) is 31.1 Å². The van der Waals surface area contributed by atoms with Crippen molar-refractivity contribution in [2.75, 3.05) is 13.2 Å². The molecule has 0 radical (unpaired) electrons. The largest absolute Gasteiger partial charge is 0.376 e. The van der Waals surface area contributed by atoms with Gasteiger partial charge in [0.05, 0.1) is 6.10 Å². The van der Waals surface area contributed by atoms with E-state index in [1.807, 2.05) is 23.6 Å². The van der Waals surface area contributed by atoms with E-state index in [-0.39, 0.29) is 23.6 Å². The standard InChI is InChI=1S/C19H20N2O3S/c22-18(14-6-2-1-3-7-14)21-17(12-16-9-5-11-25-16)19(23)20-13-15-8-4-10-24-15/h1-3,5-7,9,11-12,15H,4,8,10,13H2,(H,20,23)(H,21,22)/b17-12+. The third-order valence-electron chi connectivity index (χ3n) is 3.87. The lowest BCUT2D eigenvalue weighted by Gasteiger charge is -2.13. The first kappa shape index (κ1) is 17.4. The summed E-state index contributed by atoms with van der Waals surface area (Å²) in [6, 6.07) is 12.6. The summed E-state index contributed by atoms with van der Waals surface area (Å²) in [6.45, 7) is 1.19. The number of ether oxygens (including phenoxy) is 1. The maximum absolute atomic E-state index is 12.5. The molecular weight excluding hydrogens is 336 g/mol. The normalized spacial score (nSPS) is 17.3. The molecule has 2 heterocycles. The fourth-order valence-corrected chi connectivity index (χ4v) is 3.22. The number of nitrogens with one attached hydrogen (secondary N) is 2. The van der Waals surface area contributed by atoms with Crippen molar-refractivity contribution in [2.45, 2.75) is 18.9 Å². The Morgan fingerprint density at radius 2 is 2.04 bits per heavy atom. The average molecular weight is 356 g/mol. The quantitative estimate of drug-likeness (QED) is 0.782. The predicted octanol–water partition coefficient (Wildman–Crippen LogP) is 2.81. The van der Waals surface area contributed by atoms with Crippen LogP contribution in [0.4, 0.5) is 0 Å². The van der Waals surface area contributed by atoms with Crippen LogP contribution in [0, 0.1) is 0 Å². The molecule has 0 spiro atoms. The average Bonchev–Trinajstić information content (AvgIpc) is 3.33. The van der Waals surface area contributed by atoms with Gasteiger partial charge >= 0.3 is 0 Å². The van der Waals surface area contributed by atoms with Gasteiger partial charge in [0.15, 0.2) is 0 Å². The number of thiophene rings is 1. The van der Waals surface area contributed by atoms with Crippen molar-refractivity contribution in [1.29, 1.82) is 0 Å². The van der Waals surface area contributed by atoms with Gasteiger partial charge in [0.25, 0.3) is 11.8 Å². The number of amides is 2. The number of carbonyl (C=O) groups is 2. The Labute approximate surface area is 150 Å². The van der Waals surface area contributed by atoms with E-state index in [9.17, 15) is 9.59 Å². The van der Waals surface area contributed by atoms with Crippen LogP contribution in [0.15, 0.2) is 53.5 Å². The zero-order valence-corrected chi connectivity index (χ0v) is 14.6. The zero-order chi connectivity index (χ0) is 17.5. The molecule has 1 aliphatic rings. The third-order valence-corrected chi connectivity index (χ3v) is 4.69. The molecule has 130 valence electrons. The van der Waals surface area contributed by atoms with Crippen LogP contribution in [0.5, 0.6) is 0 Å². The Morgan fingerprint density at radius 1 is 1.20 bits per heavy atom. The van der Waals surface area contributed by atoms with Gasteiger partial charge in [-0.25, -0.2) is 0 Å². The van der Waals surface area contributed by atoms with Crippen LogP contribution < -0.4 is 10.6 Å². The first-order valence-corrected chi connectivity index (χ1v) is 9.12. The summed E-state index contributed by atoms with van der Waals surface area (Å²) < 4.78 is 5.52. The van der Waals surface area contributed by atoms with Crippen molar-refractivity contribution in [2.24, 2.45) is 0 Å². The molecule has 3 rings (SSSR count). The molecule has 2 amide bonds. The predicted molar refractivity (Wildman–Crippen MR) is 98.2 cm³/mol. The molecular formula is C19H20N2O3S. The number of hydrogen-bond donors (Lipinski definition) is 2. The molecule has 0 saturated carbocycles. The van der Waals surface area contributed by atoms with E-state index < -0.39 is 0 Å². The molecule has 25 heavy (non-hydrogen) atoms. The molecule has 1 aliphatic heterocycles. The highest BCUT2D eigenvalue weighted by atomic mass is 32.1. The second kappa shape index (κ2) is 8.60. The summed E-state index contributed by atoms with van der Waals surface area (Å²) in [5, 5.41) is 7.50. The maximum atomic E-state index is 12.5. The minimum atomic E-state index is -0.312. The van der Waals surface area contributed by atoms with Crippen molar-refractivity contribution >= 4 is 29.2 Å². The number of carbonyl (C=O) groups excluding carboxylic acids is 2. The van der Waals surface area contributed by atoms with Crippen molar-refractivity contribution in [3.8, 4) is 0 Å². The highest BCUT2D eigenvalue weighted by Crippen LogP contribution is 2.14. The molecule has 2 N–H and O–H groups in total. The second-order valence-corrected chi connectivity index (χ2v) is 6.72. The van der Waals surface area contributed by atoms with Crippen molar-refractivity contribution in [3.05, 3.63) is 64.0 Å². The Hall–Kier alpha value is -2.44. The second-order valence-electron chi connectivity index (χ2n) is 5.74. The highest BCUT2D eigenvalue weighted by Gasteiger charge is 2.19. The molecule has 0 aliphatic carbocycles. The van der Waals surface area contributed by atoms with Crippen molar-refractivity contribution in [3.63, 3.8) is 0 Å². The lowest BCUT2D eigenvalue weighted by atomic mass is 10.2. The molecule has 6 heteroatoms. The van der Waals surface area contributed by atoms with E-state index >= 15 is 0 Å². The molecule has 2 aromatic rings. The Morgan fingerprint density at radius 3 is 2.72 bits per heavy atom. The summed E-state index contributed by atoms with van der Waals surface area (Å²) in [5.41, 5.74) is 0.737. The molecule has 1 aromatic heterocycles. The molecule has 1 aromatic carbocycles. The van der Waals surface area contributed by atoms with Gasteiger partial charge in [0, 0.05) is 23.6 Å². The summed E-state index contributed by atoms with van der Waals surface area (Å²) in [4.78, 5) is 25.8. The Balaban J connectivity index is 1.70. The van der Waals surface area contributed by atoms with Gasteiger partial charge in [-0.05, 0) is 42.5 Å². The Kier molecular flexibility index (Phi) is 5.98. The number of benzene rings is 1. The van der Waals surface area contributed by atoms with E-state index in [1.165, 1.54) is 11.3 Å². The minimum Gasteiger partial charge on any atom is -0.376 e. The fraction of sp³-hybridized carbons (Fsp3) is 0.263. The van der Waals surface area contributed by atoms with Crippen LogP contribution in [0.3, 0.4) is 0 Å². The topological polar surface area (TPSA) is 67.4 Å². The van der Waals surface area contributed by atoms with E-state index in [0.717, 1.165) is 24.3 Å². The van der Waals surface area contributed by atoms with E-state index in [4.69, 9.17) is 4.74 Å². The molecule has 5 nitrogen and oxygen atoms in total. The van der Waals surface area contributed by atoms with Gasteiger partial charge < -0.3 is 15.4 Å². The lowest BCUT2D eigenvalue weighted by Crippen LogP contribution is -2.38. The van der Waals surface area contributed by atoms with Gasteiger partial charge in [-0.15, -0.1) is 11.3 Å². The summed E-state index contributed by atoms with van der Waals surface area (Å²) in [6.07, 6.45) is 3.71. The third kappa shape index (κ3) is 5.01. The van der Waals surface area contributed by atoms with Crippen LogP contribution in [0.25, 0.3) is 6.08 Å². The summed E-state index contributed by atoms with van der Waals surface area (Å²) in [5.74, 6) is -0.621. The van der Waals surface area contributed by atoms with Crippen LogP contribution >= 0.6 is 11.3 Å². The van der Waals surface area contributed by atoms with Gasteiger partial charge in [-0.3, -0.25) is 9.59 Å². The Bertz CT molecular complexity index is 735. The van der Waals surface area contributed by atoms with Crippen LogP contribution in [-0.2, 0) is 9.53 Å². The molecule has 0 bridgehead atoms. The maximum Gasteiger partial charge on any atom is 0.267 e. The fourth-order valence-electron chi connectivity index (χ4n) is 2.57. The SMILES string of the molecule is O=C(NCC1CCCO1)/C(=C\c1cccs1)NC(=O)c1ccccc1. The summed E-state index contributed by atoms with van der Waals surface area (Å²) >= 11 is 1.50. The number of rotatable bonds is 6. The molecule has 1 unspecified atom stereocenters. The van der Waals surface area contributed by atoms with Gasteiger partial charge in [0.2, 0.25) is 0 Å². The molecule has 1 atom stereocenters. The van der Waals surface area contributed by atoms with Gasteiger partial charge in [-0.2, -0.15) is 0 Å². The summed E-state index contributed by atoms with van der Waals surface area (Å²) in [7, 11) is 0. The first-order chi connectivity index (χ1) is 12.2. The monoisotopic (exact) mass is 356 g/mol. The van der Waals surface area contributed by atoms with Crippen LogP contribution in [0.1, 0.15) is 28.1 Å². The van der Waals surface area contributed by atoms with E-state index in [1.54, 1.807) is 30.3 Å². The lowest BCUT2D eigenvalue weighted by molar-refractivity contribution is -0.118. The minimum absolute atomic E-state index is 0.0526. The molecule has 1 fully saturated rings. The van der Waals surface area contributed by atoms with E-state index in [0.29, 0.717) is 12.1 Å². The van der Waals surface area contributed by atoms with Crippen molar-refractivity contribution in [1.82, 2.24) is 10.6 Å². The van der Waals surface area contributed by atoms with Gasteiger partial charge in [-0.1, -0.05) is 24.3 Å². The first-order valence-electron chi connectivity index (χ1n) is 8.24. The molecule has 1 saturated heterocycles. The zero-order valence-electron chi connectivity index (χ0n) is 13.7. The smallest absolute Gasteiger partial charge is 0.267 e. The van der Waals surface area contributed by atoms with E-state index in [2.05, 4.69) is 10.6 Å². The van der Waals surface area contributed by atoms with Crippen LogP contribution in [0.2, 0.25) is 0 Å². The van der Waals surface area contributed by atoms with Gasteiger partial charge in [0.1, 0.15) is 5.70 Å².